The Bertz CT molecular complexity index is 459. The Labute approximate surface area is 130 Å². The number of hydrogen-bond donors (Lipinski definition) is 2. The molecule has 20 heavy (non-hydrogen) atoms. The van der Waals surface area contributed by atoms with Gasteiger partial charge < -0.3 is 15.8 Å². The van der Waals surface area contributed by atoms with Crippen molar-refractivity contribution in [1.82, 2.24) is 0 Å². The highest BCUT2D eigenvalue weighted by Gasteiger charge is 2.16. The monoisotopic (exact) mass is 310 g/mol. The van der Waals surface area contributed by atoms with E-state index in [1.165, 1.54) is 6.42 Å². The van der Waals surface area contributed by atoms with E-state index in [1.54, 1.807) is 11.8 Å². The first-order valence-electron chi connectivity index (χ1n) is 7.09. The van der Waals surface area contributed by atoms with E-state index in [0.717, 1.165) is 48.1 Å². The summed E-state index contributed by atoms with van der Waals surface area (Å²) in [5, 5.41) is 3.48. The smallest absolute Gasteiger partial charge is 0.107 e. The molecule has 1 unspecified atom stereocenters. The van der Waals surface area contributed by atoms with E-state index in [-0.39, 0.29) is 0 Å². The lowest BCUT2D eigenvalue weighted by molar-refractivity contribution is 0.185. The Hall–Kier alpha value is -0.780. The zero-order valence-electron chi connectivity index (χ0n) is 11.9. The number of rotatable bonds is 7. The van der Waals surface area contributed by atoms with Crippen molar-refractivity contribution in [3.8, 4) is 0 Å². The highest BCUT2D eigenvalue weighted by atomic mass is 32.2. The fourth-order valence-corrected chi connectivity index (χ4v) is 3.56. The normalized spacial score (nSPS) is 18.1. The van der Waals surface area contributed by atoms with Crippen molar-refractivity contribution in [2.45, 2.75) is 24.7 Å². The fraction of sp³-hybridized carbons (Fsp3) is 0.533. The summed E-state index contributed by atoms with van der Waals surface area (Å²) in [7, 11) is 0. The molecule has 2 rings (SSSR count). The van der Waals surface area contributed by atoms with Gasteiger partial charge in [-0.15, -0.1) is 11.8 Å². The van der Waals surface area contributed by atoms with E-state index in [1.807, 2.05) is 0 Å². The summed E-state index contributed by atoms with van der Waals surface area (Å²) in [6.07, 6.45) is 2.30. The summed E-state index contributed by atoms with van der Waals surface area (Å²) < 4.78 is 5.40. The van der Waals surface area contributed by atoms with Crippen LogP contribution in [-0.4, -0.2) is 30.5 Å². The van der Waals surface area contributed by atoms with Crippen molar-refractivity contribution in [2.24, 2.45) is 11.7 Å². The SMILES string of the molecule is CCSc1cccc(NCCC2CCOC2)c1C(N)=S. The lowest BCUT2D eigenvalue weighted by Crippen LogP contribution is -2.16. The molecule has 1 aromatic rings. The zero-order chi connectivity index (χ0) is 14.4. The topological polar surface area (TPSA) is 47.3 Å². The summed E-state index contributed by atoms with van der Waals surface area (Å²) in [6.45, 7) is 4.87. The van der Waals surface area contributed by atoms with Crippen molar-refractivity contribution < 1.29 is 4.74 Å². The Balaban J connectivity index is 2.01. The van der Waals surface area contributed by atoms with E-state index in [9.17, 15) is 0 Å². The first-order chi connectivity index (χ1) is 9.72. The first kappa shape index (κ1) is 15.6. The molecule has 0 aliphatic carbocycles. The summed E-state index contributed by atoms with van der Waals surface area (Å²) in [4.78, 5) is 1.63. The summed E-state index contributed by atoms with van der Waals surface area (Å²) in [5.41, 5.74) is 7.93. The van der Waals surface area contributed by atoms with Gasteiger partial charge in [0.15, 0.2) is 0 Å². The lowest BCUT2D eigenvalue weighted by atomic mass is 10.1. The molecule has 1 heterocycles. The van der Waals surface area contributed by atoms with Gasteiger partial charge in [-0.3, -0.25) is 0 Å². The number of benzene rings is 1. The fourth-order valence-electron chi connectivity index (χ4n) is 2.43. The van der Waals surface area contributed by atoms with Crippen LogP contribution in [0, 0.1) is 5.92 Å². The van der Waals surface area contributed by atoms with Crippen LogP contribution in [0.5, 0.6) is 0 Å². The average Bonchev–Trinajstić information content (AvgIpc) is 2.92. The standard InChI is InChI=1S/C15H22N2OS2/c1-2-20-13-5-3-4-12(14(13)15(16)19)17-8-6-11-7-9-18-10-11/h3-5,11,17H,2,6-10H2,1H3,(H2,16,19). The molecule has 1 aliphatic heterocycles. The zero-order valence-corrected chi connectivity index (χ0v) is 13.5. The molecule has 0 saturated carbocycles. The Kier molecular flexibility index (Phi) is 6.13. The molecule has 0 amide bonds. The number of anilines is 1. The highest BCUT2D eigenvalue weighted by molar-refractivity contribution is 7.99. The predicted octanol–water partition coefficient (Wildman–Crippen LogP) is 3.27. The Morgan fingerprint density at radius 3 is 3.05 bits per heavy atom. The molecule has 1 fully saturated rings. The van der Waals surface area contributed by atoms with Crippen molar-refractivity contribution in [2.75, 3.05) is 30.8 Å². The van der Waals surface area contributed by atoms with Gasteiger partial charge in [-0.25, -0.2) is 0 Å². The molecule has 0 bridgehead atoms. The van der Waals surface area contributed by atoms with E-state index < -0.39 is 0 Å². The van der Waals surface area contributed by atoms with Crippen molar-refractivity contribution in [1.29, 1.82) is 0 Å². The molecular formula is C15H22N2OS2. The number of ether oxygens (including phenoxy) is 1. The van der Waals surface area contributed by atoms with Crippen LogP contribution in [0.2, 0.25) is 0 Å². The first-order valence-corrected chi connectivity index (χ1v) is 8.49. The van der Waals surface area contributed by atoms with Gasteiger partial charge in [0, 0.05) is 35.9 Å². The van der Waals surface area contributed by atoms with Crippen molar-refractivity contribution >= 4 is 34.7 Å². The maximum absolute atomic E-state index is 5.90. The molecule has 1 atom stereocenters. The second-order valence-corrected chi connectivity index (χ2v) is 6.67. The molecule has 1 aliphatic rings. The Morgan fingerprint density at radius 1 is 1.55 bits per heavy atom. The van der Waals surface area contributed by atoms with Gasteiger partial charge in [0.2, 0.25) is 0 Å². The van der Waals surface area contributed by atoms with E-state index in [0.29, 0.717) is 10.9 Å². The lowest BCUT2D eigenvalue weighted by Gasteiger charge is -2.16. The maximum Gasteiger partial charge on any atom is 0.107 e. The van der Waals surface area contributed by atoms with Gasteiger partial charge in [0.25, 0.3) is 0 Å². The number of thiocarbonyl (C=S) groups is 1. The third-order valence-corrected chi connectivity index (χ3v) is 4.61. The molecule has 0 spiro atoms. The summed E-state index contributed by atoms with van der Waals surface area (Å²) in [5.74, 6) is 1.70. The number of thioether (sulfide) groups is 1. The van der Waals surface area contributed by atoms with Crippen LogP contribution in [0.3, 0.4) is 0 Å². The molecule has 0 radical (unpaired) electrons. The van der Waals surface area contributed by atoms with Crippen LogP contribution in [0.1, 0.15) is 25.3 Å². The van der Waals surface area contributed by atoms with Gasteiger partial charge in [0.1, 0.15) is 4.99 Å². The predicted molar refractivity (Wildman–Crippen MR) is 90.8 cm³/mol. The second-order valence-electron chi connectivity index (χ2n) is 4.92. The van der Waals surface area contributed by atoms with Crippen LogP contribution >= 0.6 is 24.0 Å². The largest absolute Gasteiger partial charge is 0.389 e. The van der Waals surface area contributed by atoms with Gasteiger partial charge >= 0.3 is 0 Å². The molecule has 110 valence electrons. The van der Waals surface area contributed by atoms with Crippen molar-refractivity contribution in [3.63, 3.8) is 0 Å². The molecular weight excluding hydrogens is 288 g/mol. The van der Waals surface area contributed by atoms with Crippen LogP contribution in [0.15, 0.2) is 23.1 Å². The molecule has 1 aromatic carbocycles. The van der Waals surface area contributed by atoms with Gasteiger partial charge in [0.05, 0.1) is 0 Å². The van der Waals surface area contributed by atoms with E-state index in [2.05, 4.69) is 30.4 Å². The number of nitrogens with one attached hydrogen (secondary N) is 1. The van der Waals surface area contributed by atoms with Gasteiger partial charge in [-0.05, 0) is 36.6 Å². The maximum atomic E-state index is 5.90. The molecule has 0 aromatic heterocycles. The van der Waals surface area contributed by atoms with Crippen molar-refractivity contribution in [3.05, 3.63) is 23.8 Å². The average molecular weight is 310 g/mol. The van der Waals surface area contributed by atoms with Crippen LogP contribution in [0.4, 0.5) is 5.69 Å². The molecule has 1 saturated heterocycles. The van der Waals surface area contributed by atoms with E-state index >= 15 is 0 Å². The summed E-state index contributed by atoms with van der Waals surface area (Å²) >= 11 is 6.99. The minimum atomic E-state index is 0.466. The Morgan fingerprint density at radius 2 is 2.40 bits per heavy atom. The third-order valence-electron chi connectivity index (χ3n) is 3.46. The highest BCUT2D eigenvalue weighted by Crippen LogP contribution is 2.28. The number of hydrogen-bond acceptors (Lipinski definition) is 4. The van der Waals surface area contributed by atoms with Crippen LogP contribution < -0.4 is 11.1 Å². The minimum absolute atomic E-state index is 0.466. The van der Waals surface area contributed by atoms with Gasteiger partial charge in [-0.1, -0.05) is 25.2 Å². The number of nitrogens with two attached hydrogens (primary N) is 1. The molecule has 3 nitrogen and oxygen atoms in total. The van der Waals surface area contributed by atoms with Crippen LogP contribution in [-0.2, 0) is 4.74 Å². The minimum Gasteiger partial charge on any atom is -0.389 e. The molecule has 5 heteroatoms. The van der Waals surface area contributed by atoms with E-state index in [4.69, 9.17) is 22.7 Å². The summed E-state index contributed by atoms with van der Waals surface area (Å²) in [6, 6.07) is 6.19. The quantitative estimate of drug-likeness (QED) is 0.598. The second kappa shape index (κ2) is 7.86. The van der Waals surface area contributed by atoms with Crippen LogP contribution in [0.25, 0.3) is 0 Å². The van der Waals surface area contributed by atoms with Gasteiger partial charge in [-0.2, -0.15) is 0 Å². The third kappa shape index (κ3) is 4.11. The molecule has 3 N–H and O–H groups in total.